The van der Waals surface area contributed by atoms with E-state index >= 15 is 0 Å². The molecule has 0 fully saturated rings. The summed E-state index contributed by atoms with van der Waals surface area (Å²) < 4.78 is 23.7. The molecule has 0 aromatic heterocycles. The van der Waals surface area contributed by atoms with Gasteiger partial charge in [-0.1, -0.05) is 36.4 Å². The molecule has 0 heterocycles. The molecule has 0 bridgehead atoms. The lowest BCUT2D eigenvalue weighted by atomic mass is 10.1. The molecule has 28 heavy (non-hydrogen) atoms. The summed E-state index contributed by atoms with van der Waals surface area (Å²) in [6, 6.07) is 20.8. The smallest absolute Gasteiger partial charge is 0.337 e. The van der Waals surface area contributed by atoms with Gasteiger partial charge in [0, 0.05) is 11.3 Å². The van der Waals surface area contributed by atoms with Crippen LogP contribution in [0.5, 0.6) is 5.75 Å². The molecule has 0 aliphatic carbocycles. The highest BCUT2D eigenvalue weighted by molar-refractivity contribution is 5.95. The van der Waals surface area contributed by atoms with Gasteiger partial charge in [0.15, 0.2) is 0 Å². The predicted molar refractivity (Wildman–Crippen MR) is 103 cm³/mol. The third-order valence-corrected chi connectivity index (χ3v) is 3.96. The number of hydrogen-bond acceptors (Lipinski definition) is 4. The number of esters is 1. The molecule has 6 heteroatoms. The predicted octanol–water partition coefficient (Wildman–Crippen LogP) is 4.37. The maximum absolute atomic E-state index is 13.1. The minimum Gasteiger partial charge on any atom is -0.476 e. The standard InChI is InChI=1S/C22H18FNO4/c1-27-22(26)16-8-5-9-19(14-16)28-20(15-6-3-2-4-7-15)21(25)24-18-12-10-17(23)11-13-18/h2-14,20H,1H3,(H,24,25)/t20-/m0/s1. The van der Waals surface area contributed by atoms with Crippen molar-refractivity contribution in [1.82, 2.24) is 0 Å². The Morgan fingerprint density at radius 3 is 2.32 bits per heavy atom. The summed E-state index contributed by atoms with van der Waals surface area (Å²) in [7, 11) is 1.29. The first kappa shape index (κ1) is 19.1. The summed E-state index contributed by atoms with van der Waals surface area (Å²) in [6.07, 6.45) is -0.973. The van der Waals surface area contributed by atoms with Crippen LogP contribution in [0.1, 0.15) is 22.0 Å². The Morgan fingerprint density at radius 2 is 1.64 bits per heavy atom. The first-order valence-corrected chi connectivity index (χ1v) is 8.53. The number of nitrogens with one attached hydrogen (secondary N) is 1. The Kier molecular flexibility index (Phi) is 6.01. The number of hydrogen-bond donors (Lipinski definition) is 1. The molecular formula is C22H18FNO4. The summed E-state index contributed by atoms with van der Waals surface area (Å²) in [5.41, 5.74) is 1.38. The molecule has 1 amide bonds. The van der Waals surface area contributed by atoms with E-state index < -0.39 is 23.8 Å². The average Bonchev–Trinajstić information content (AvgIpc) is 2.74. The zero-order chi connectivity index (χ0) is 19.9. The monoisotopic (exact) mass is 379 g/mol. The Hall–Kier alpha value is -3.67. The summed E-state index contributed by atoms with van der Waals surface area (Å²) in [5.74, 6) is -0.988. The molecule has 3 aromatic rings. The number of methoxy groups -OCH3 is 1. The van der Waals surface area contributed by atoms with Crippen molar-refractivity contribution in [3.05, 3.63) is 95.8 Å². The van der Waals surface area contributed by atoms with E-state index in [2.05, 4.69) is 5.32 Å². The van der Waals surface area contributed by atoms with Gasteiger partial charge in [-0.3, -0.25) is 4.79 Å². The fourth-order valence-electron chi connectivity index (χ4n) is 2.59. The van der Waals surface area contributed by atoms with Crippen LogP contribution in [0.3, 0.4) is 0 Å². The van der Waals surface area contributed by atoms with Crippen LogP contribution in [0.25, 0.3) is 0 Å². The molecule has 0 aliphatic heterocycles. The summed E-state index contributed by atoms with van der Waals surface area (Å²) in [4.78, 5) is 24.6. The lowest BCUT2D eigenvalue weighted by Gasteiger charge is -2.19. The highest BCUT2D eigenvalue weighted by Gasteiger charge is 2.23. The zero-order valence-corrected chi connectivity index (χ0v) is 15.1. The van der Waals surface area contributed by atoms with Crippen LogP contribution in [-0.4, -0.2) is 19.0 Å². The number of benzene rings is 3. The van der Waals surface area contributed by atoms with Gasteiger partial charge in [-0.15, -0.1) is 0 Å². The maximum Gasteiger partial charge on any atom is 0.337 e. The molecule has 0 unspecified atom stereocenters. The summed E-state index contributed by atoms with van der Waals surface area (Å²) in [5, 5.41) is 2.71. The van der Waals surface area contributed by atoms with E-state index in [1.807, 2.05) is 6.07 Å². The van der Waals surface area contributed by atoms with Crippen LogP contribution < -0.4 is 10.1 Å². The second-order valence-corrected chi connectivity index (χ2v) is 5.92. The van der Waals surface area contributed by atoms with E-state index in [-0.39, 0.29) is 0 Å². The van der Waals surface area contributed by atoms with Gasteiger partial charge in [0.05, 0.1) is 12.7 Å². The molecular weight excluding hydrogens is 361 g/mol. The number of ether oxygens (including phenoxy) is 2. The number of halogens is 1. The van der Waals surface area contributed by atoms with Crippen molar-refractivity contribution in [2.45, 2.75) is 6.10 Å². The Bertz CT molecular complexity index is 958. The summed E-state index contributed by atoms with van der Waals surface area (Å²) >= 11 is 0. The molecule has 3 rings (SSSR count). The minimum absolute atomic E-state index is 0.311. The van der Waals surface area contributed by atoms with Crippen LogP contribution in [0.15, 0.2) is 78.9 Å². The third-order valence-electron chi connectivity index (χ3n) is 3.96. The van der Waals surface area contributed by atoms with Gasteiger partial charge in [-0.25, -0.2) is 9.18 Å². The van der Waals surface area contributed by atoms with Crippen LogP contribution in [0.2, 0.25) is 0 Å². The fourth-order valence-corrected chi connectivity index (χ4v) is 2.59. The molecule has 0 saturated carbocycles. The Balaban J connectivity index is 1.86. The third kappa shape index (κ3) is 4.73. The Labute approximate surface area is 161 Å². The van der Waals surface area contributed by atoms with E-state index in [0.29, 0.717) is 22.6 Å². The van der Waals surface area contributed by atoms with Crippen LogP contribution in [-0.2, 0) is 9.53 Å². The lowest BCUT2D eigenvalue weighted by molar-refractivity contribution is -0.123. The van der Waals surface area contributed by atoms with Crippen molar-refractivity contribution in [2.75, 3.05) is 12.4 Å². The topological polar surface area (TPSA) is 64.6 Å². The molecule has 0 saturated heterocycles. The molecule has 1 atom stereocenters. The molecule has 0 aliphatic rings. The number of rotatable bonds is 6. The van der Waals surface area contributed by atoms with E-state index in [9.17, 15) is 14.0 Å². The van der Waals surface area contributed by atoms with Gasteiger partial charge in [-0.2, -0.15) is 0 Å². The van der Waals surface area contributed by atoms with E-state index in [0.717, 1.165) is 0 Å². The van der Waals surface area contributed by atoms with Gasteiger partial charge in [0.1, 0.15) is 11.6 Å². The second-order valence-electron chi connectivity index (χ2n) is 5.92. The van der Waals surface area contributed by atoms with Gasteiger partial charge in [0.25, 0.3) is 5.91 Å². The van der Waals surface area contributed by atoms with Crippen molar-refractivity contribution in [3.63, 3.8) is 0 Å². The average molecular weight is 379 g/mol. The van der Waals surface area contributed by atoms with Crippen molar-refractivity contribution >= 4 is 17.6 Å². The molecule has 3 aromatic carbocycles. The molecule has 142 valence electrons. The van der Waals surface area contributed by atoms with Gasteiger partial charge in [-0.05, 0) is 42.5 Å². The van der Waals surface area contributed by atoms with E-state index in [4.69, 9.17) is 9.47 Å². The summed E-state index contributed by atoms with van der Waals surface area (Å²) in [6.45, 7) is 0. The highest BCUT2D eigenvalue weighted by Crippen LogP contribution is 2.25. The van der Waals surface area contributed by atoms with Crippen molar-refractivity contribution in [1.29, 1.82) is 0 Å². The number of anilines is 1. The quantitative estimate of drug-likeness (QED) is 0.646. The number of carbonyl (C=O) groups is 2. The molecule has 0 spiro atoms. The molecule has 0 radical (unpaired) electrons. The number of carbonyl (C=O) groups excluding carboxylic acids is 2. The largest absolute Gasteiger partial charge is 0.476 e. The van der Waals surface area contributed by atoms with Gasteiger partial charge >= 0.3 is 5.97 Å². The minimum atomic E-state index is -0.973. The second kappa shape index (κ2) is 8.81. The fraction of sp³-hybridized carbons (Fsp3) is 0.0909. The van der Waals surface area contributed by atoms with Crippen LogP contribution >= 0.6 is 0 Å². The van der Waals surface area contributed by atoms with E-state index in [1.54, 1.807) is 42.5 Å². The number of amides is 1. The Morgan fingerprint density at radius 1 is 0.929 bits per heavy atom. The highest BCUT2D eigenvalue weighted by atomic mass is 19.1. The van der Waals surface area contributed by atoms with Crippen molar-refractivity contribution in [2.24, 2.45) is 0 Å². The van der Waals surface area contributed by atoms with E-state index in [1.165, 1.54) is 37.4 Å². The van der Waals surface area contributed by atoms with Crippen LogP contribution in [0.4, 0.5) is 10.1 Å². The normalized spacial score (nSPS) is 11.4. The maximum atomic E-state index is 13.1. The van der Waals surface area contributed by atoms with Crippen molar-refractivity contribution < 1.29 is 23.5 Å². The van der Waals surface area contributed by atoms with Crippen LogP contribution in [0, 0.1) is 5.82 Å². The van der Waals surface area contributed by atoms with Gasteiger partial charge in [0.2, 0.25) is 6.10 Å². The molecule has 1 N–H and O–H groups in total. The first-order valence-electron chi connectivity index (χ1n) is 8.53. The molecule has 5 nitrogen and oxygen atoms in total. The van der Waals surface area contributed by atoms with Crippen molar-refractivity contribution in [3.8, 4) is 5.75 Å². The van der Waals surface area contributed by atoms with Gasteiger partial charge < -0.3 is 14.8 Å². The first-order chi connectivity index (χ1) is 13.6. The SMILES string of the molecule is COC(=O)c1cccc(O[C@H](C(=O)Nc2ccc(F)cc2)c2ccccc2)c1. The zero-order valence-electron chi connectivity index (χ0n) is 15.1. The lowest BCUT2D eigenvalue weighted by Crippen LogP contribution is -2.25.